The SMILES string of the molecule is O=C(Nc1ccc(Nc2ccnc3ncc4c(c23)CCCC4)cc1F)c1ccc(F)cc1C(F)(F)F. The van der Waals surface area contributed by atoms with E-state index >= 15 is 0 Å². The zero-order chi connectivity index (χ0) is 25.4. The number of rotatable bonds is 4. The summed E-state index contributed by atoms with van der Waals surface area (Å²) in [6.07, 6.45) is 2.44. The number of nitrogens with one attached hydrogen (secondary N) is 2. The first-order chi connectivity index (χ1) is 17.2. The smallest absolute Gasteiger partial charge is 0.355 e. The number of carbonyl (C=O) groups excluding carboxylic acids is 1. The summed E-state index contributed by atoms with van der Waals surface area (Å²) in [6, 6.07) is 7.29. The third-order valence-electron chi connectivity index (χ3n) is 6.11. The minimum absolute atomic E-state index is 0.227. The highest BCUT2D eigenvalue weighted by atomic mass is 19.4. The Kier molecular flexibility index (Phi) is 6.03. The van der Waals surface area contributed by atoms with Crippen molar-refractivity contribution in [2.75, 3.05) is 10.6 Å². The summed E-state index contributed by atoms with van der Waals surface area (Å²) < 4.78 is 67.9. The Bertz CT molecular complexity index is 1490. The second kappa shape index (κ2) is 9.18. The lowest BCUT2D eigenvalue weighted by Gasteiger charge is -2.19. The number of hydrogen-bond acceptors (Lipinski definition) is 4. The van der Waals surface area contributed by atoms with Crippen molar-refractivity contribution in [1.82, 2.24) is 9.97 Å². The Morgan fingerprint density at radius 1 is 0.917 bits per heavy atom. The number of hydrogen-bond donors (Lipinski definition) is 2. The van der Waals surface area contributed by atoms with Crippen molar-refractivity contribution >= 4 is 34.0 Å². The standard InChI is InChI=1S/C26H19F5N4O/c27-15-5-7-18(19(11-15)26(29,30)31)25(36)35-21-8-6-16(12-20(21)28)34-22-9-10-32-24-23(22)17-4-2-1-3-14(17)13-33-24/h5-13H,1-4H2,(H,35,36)(H,32,33,34). The molecule has 0 unspecified atom stereocenters. The fraction of sp³-hybridized carbons (Fsp3) is 0.192. The van der Waals surface area contributed by atoms with Crippen molar-refractivity contribution in [2.45, 2.75) is 31.9 Å². The molecule has 1 aliphatic carbocycles. The molecule has 0 fully saturated rings. The quantitative estimate of drug-likeness (QED) is 0.304. The molecule has 2 heterocycles. The summed E-state index contributed by atoms with van der Waals surface area (Å²) in [5.41, 5.74) is 1.38. The molecule has 36 heavy (non-hydrogen) atoms. The van der Waals surface area contributed by atoms with Crippen LogP contribution in [0.25, 0.3) is 11.0 Å². The van der Waals surface area contributed by atoms with Gasteiger partial charge in [-0.3, -0.25) is 4.79 Å². The molecule has 2 aromatic heterocycles. The maximum atomic E-state index is 14.9. The number of aryl methyl sites for hydroxylation is 2. The highest BCUT2D eigenvalue weighted by Gasteiger charge is 2.35. The van der Waals surface area contributed by atoms with Crippen LogP contribution in [0, 0.1) is 11.6 Å². The van der Waals surface area contributed by atoms with Crippen molar-refractivity contribution in [3.05, 3.63) is 88.7 Å². The molecule has 2 aromatic carbocycles. The molecule has 0 spiro atoms. The molecule has 1 amide bonds. The molecule has 0 aliphatic heterocycles. The molecule has 5 nitrogen and oxygen atoms in total. The van der Waals surface area contributed by atoms with Gasteiger partial charge in [-0.25, -0.2) is 18.7 Å². The molecule has 0 saturated carbocycles. The number of pyridine rings is 2. The highest BCUT2D eigenvalue weighted by Crippen LogP contribution is 2.35. The van der Waals surface area contributed by atoms with Crippen LogP contribution in [0.3, 0.4) is 0 Å². The van der Waals surface area contributed by atoms with Crippen LogP contribution in [0.5, 0.6) is 0 Å². The Hall–Kier alpha value is -4.08. The van der Waals surface area contributed by atoms with Crippen LogP contribution in [-0.2, 0) is 19.0 Å². The highest BCUT2D eigenvalue weighted by molar-refractivity contribution is 6.05. The number of fused-ring (bicyclic) bond motifs is 3. The number of alkyl halides is 3. The number of halogens is 5. The minimum Gasteiger partial charge on any atom is -0.355 e. The molecule has 0 radical (unpaired) electrons. The van der Waals surface area contributed by atoms with Gasteiger partial charge in [-0.05, 0) is 79.3 Å². The van der Waals surface area contributed by atoms with E-state index in [1.54, 1.807) is 12.3 Å². The van der Waals surface area contributed by atoms with E-state index in [1.807, 2.05) is 6.20 Å². The van der Waals surface area contributed by atoms with E-state index in [9.17, 15) is 26.7 Å². The normalized spacial score (nSPS) is 13.4. The van der Waals surface area contributed by atoms with E-state index in [0.717, 1.165) is 54.3 Å². The molecule has 10 heteroatoms. The molecule has 0 bridgehead atoms. The van der Waals surface area contributed by atoms with Crippen LogP contribution in [0.15, 0.2) is 54.9 Å². The maximum Gasteiger partial charge on any atom is 0.417 e. The summed E-state index contributed by atoms with van der Waals surface area (Å²) >= 11 is 0. The van der Waals surface area contributed by atoms with Gasteiger partial charge in [0.05, 0.1) is 22.5 Å². The molecule has 1 aliphatic rings. The van der Waals surface area contributed by atoms with Crippen molar-refractivity contribution in [3.8, 4) is 0 Å². The van der Waals surface area contributed by atoms with Gasteiger partial charge in [-0.2, -0.15) is 13.2 Å². The summed E-state index contributed by atoms with van der Waals surface area (Å²) in [7, 11) is 0. The monoisotopic (exact) mass is 498 g/mol. The van der Waals surface area contributed by atoms with Gasteiger partial charge in [-0.15, -0.1) is 0 Å². The van der Waals surface area contributed by atoms with Gasteiger partial charge in [0, 0.05) is 23.5 Å². The van der Waals surface area contributed by atoms with E-state index < -0.39 is 34.8 Å². The van der Waals surface area contributed by atoms with E-state index in [2.05, 4.69) is 20.6 Å². The summed E-state index contributed by atoms with van der Waals surface area (Å²) in [5, 5.41) is 6.16. The summed E-state index contributed by atoms with van der Waals surface area (Å²) in [5.74, 6) is -3.21. The second-order valence-corrected chi connectivity index (χ2v) is 8.49. The Morgan fingerprint density at radius 2 is 1.72 bits per heavy atom. The van der Waals surface area contributed by atoms with Crippen LogP contribution in [0.1, 0.15) is 39.9 Å². The molecule has 0 saturated heterocycles. The first kappa shape index (κ1) is 23.7. The molecular weight excluding hydrogens is 479 g/mol. The number of nitrogens with zero attached hydrogens (tertiary/aromatic N) is 2. The lowest BCUT2D eigenvalue weighted by atomic mass is 9.90. The Balaban J connectivity index is 1.42. The van der Waals surface area contributed by atoms with Crippen LogP contribution < -0.4 is 10.6 Å². The van der Waals surface area contributed by atoms with Crippen LogP contribution >= 0.6 is 0 Å². The Morgan fingerprint density at radius 3 is 2.50 bits per heavy atom. The van der Waals surface area contributed by atoms with Crippen LogP contribution in [0.2, 0.25) is 0 Å². The third kappa shape index (κ3) is 4.58. The Labute approximate surface area is 202 Å². The van der Waals surface area contributed by atoms with Gasteiger partial charge in [0.2, 0.25) is 0 Å². The number of aromatic nitrogens is 2. The van der Waals surface area contributed by atoms with Crippen molar-refractivity contribution < 1.29 is 26.7 Å². The number of benzene rings is 2. The van der Waals surface area contributed by atoms with Crippen LogP contribution in [-0.4, -0.2) is 15.9 Å². The molecule has 5 rings (SSSR count). The second-order valence-electron chi connectivity index (χ2n) is 8.49. The van der Waals surface area contributed by atoms with E-state index in [0.29, 0.717) is 23.1 Å². The summed E-state index contributed by atoms with van der Waals surface area (Å²) in [4.78, 5) is 21.3. The van der Waals surface area contributed by atoms with Gasteiger partial charge < -0.3 is 10.6 Å². The number of anilines is 3. The van der Waals surface area contributed by atoms with E-state index in [-0.39, 0.29) is 11.8 Å². The van der Waals surface area contributed by atoms with Gasteiger partial charge in [0.1, 0.15) is 11.6 Å². The van der Waals surface area contributed by atoms with Crippen molar-refractivity contribution in [1.29, 1.82) is 0 Å². The predicted molar refractivity (Wildman–Crippen MR) is 125 cm³/mol. The summed E-state index contributed by atoms with van der Waals surface area (Å²) in [6.45, 7) is 0. The fourth-order valence-corrected chi connectivity index (χ4v) is 4.43. The lowest BCUT2D eigenvalue weighted by Crippen LogP contribution is -2.19. The number of amides is 1. The van der Waals surface area contributed by atoms with Crippen LogP contribution in [0.4, 0.5) is 39.0 Å². The average molecular weight is 498 g/mol. The minimum atomic E-state index is -4.96. The van der Waals surface area contributed by atoms with Gasteiger partial charge >= 0.3 is 6.18 Å². The largest absolute Gasteiger partial charge is 0.417 e. The zero-order valence-electron chi connectivity index (χ0n) is 18.7. The maximum absolute atomic E-state index is 14.9. The average Bonchev–Trinajstić information content (AvgIpc) is 2.85. The lowest BCUT2D eigenvalue weighted by molar-refractivity contribution is -0.138. The topological polar surface area (TPSA) is 66.9 Å². The number of carbonyl (C=O) groups is 1. The molecule has 2 N–H and O–H groups in total. The van der Waals surface area contributed by atoms with Gasteiger partial charge in [0.15, 0.2) is 5.65 Å². The first-order valence-electron chi connectivity index (χ1n) is 11.2. The van der Waals surface area contributed by atoms with E-state index in [1.165, 1.54) is 12.1 Å². The van der Waals surface area contributed by atoms with Gasteiger partial charge in [-0.1, -0.05) is 0 Å². The molecule has 184 valence electrons. The zero-order valence-corrected chi connectivity index (χ0v) is 18.7. The first-order valence-corrected chi connectivity index (χ1v) is 11.2. The van der Waals surface area contributed by atoms with Crippen molar-refractivity contribution in [3.63, 3.8) is 0 Å². The fourth-order valence-electron chi connectivity index (χ4n) is 4.43. The van der Waals surface area contributed by atoms with Gasteiger partial charge in [0.25, 0.3) is 5.91 Å². The van der Waals surface area contributed by atoms with Crippen molar-refractivity contribution in [2.24, 2.45) is 0 Å². The molecule has 4 aromatic rings. The third-order valence-corrected chi connectivity index (χ3v) is 6.11. The molecular formula is C26H19F5N4O. The van der Waals surface area contributed by atoms with E-state index in [4.69, 9.17) is 0 Å². The molecule has 0 atom stereocenters. The predicted octanol–water partition coefficient (Wildman–Crippen LogP) is 6.80.